The molecule has 1 rings (SSSR count). The standard InChI is InChI=1S/C10H16N2O/c1-2-9(8-13)6-12-10-4-3-5-11-7-10/h3-5,7,9,12-13H,2,6,8H2,1H3. The molecule has 3 nitrogen and oxygen atoms in total. The first kappa shape index (κ1) is 9.99. The summed E-state index contributed by atoms with van der Waals surface area (Å²) in [6.45, 7) is 3.12. The van der Waals surface area contributed by atoms with Gasteiger partial charge in [-0.1, -0.05) is 6.92 Å². The van der Waals surface area contributed by atoms with Crippen LogP contribution in [0.1, 0.15) is 13.3 Å². The van der Waals surface area contributed by atoms with Crippen LogP contribution in [0.15, 0.2) is 24.5 Å². The van der Waals surface area contributed by atoms with Crippen molar-refractivity contribution in [2.24, 2.45) is 5.92 Å². The molecule has 0 fully saturated rings. The topological polar surface area (TPSA) is 45.1 Å². The van der Waals surface area contributed by atoms with Crippen LogP contribution in [0.2, 0.25) is 0 Å². The molecule has 0 radical (unpaired) electrons. The van der Waals surface area contributed by atoms with Crippen LogP contribution in [-0.2, 0) is 0 Å². The maximum atomic E-state index is 8.95. The van der Waals surface area contributed by atoms with Crippen LogP contribution in [0.4, 0.5) is 5.69 Å². The number of aliphatic hydroxyl groups is 1. The summed E-state index contributed by atoms with van der Waals surface area (Å²) in [5.74, 6) is 0.334. The number of nitrogens with one attached hydrogen (secondary N) is 1. The zero-order valence-electron chi connectivity index (χ0n) is 7.90. The molecular weight excluding hydrogens is 164 g/mol. The second-order valence-corrected chi connectivity index (χ2v) is 3.08. The van der Waals surface area contributed by atoms with Gasteiger partial charge in [0, 0.05) is 25.5 Å². The van der Waals surface area contributed by atoms with Crippen molar-refractivity contribution in [1.29, 1.82) is 0 Å². The molecule has 1 aromatic heterocycles. The fourth-order valence-corrected chi connectivity index (χ4v) is 1.07. The van der Waals surface area contributed by atoms with Crippen molar-refractivity contribution in [3.63, 3.8) is 0 Å². The molecule has 3 heteroatoms. The van der Waals surface area contributed by atoms with Gasteiger partial charge in [0.25, 0.3) is 0 Å². The van der Waals surface area contributed by atoms with E-state index in [1.807, 2.05) is 12.1 Å². The van der Waals surface area contributed by atoms with E-state index in [1.54, 1.807) is 12.4 Å². The van der Waals surface area contributed by atoms with Crippen LogP contribution in [0, 0.1) is 5.92 Å². The van der Waals surface area contributed by atoms with Gasteiger partial charge < -0.3 is 10.4 Å². The summed E-state index contributed by atoms with van der Waals surface area (Å²) in [5.41, 5.74) is 1.01. The van der Waals surface area contributed by atoms with E-state index in [1.165, 1.54) is 0 Å². The number of anilines is 1. The van der Waals surface area contributed by atoms with Crippen molar-refractivity contribution >= 4 is 5.69 Å². The van der Waals surface area contributed by atoms with Gasteiger partial charge in [-0.15, -0.1) is 0 Å². The molecule has 0 aliphatic rings. The van der Waals surface area contributed by atoms with Gasteiger partial charge in [0.15, 0.2) is 0 Å². The molecule has 0 aromatic carbocycles. The molecule has 1 aromatic rings. The fourth-order valence-electron chi connectivity index (χ4n) is 1.07. The van der Waals surface area contributed by atoms with Crippen molar-refractivity contribution in [2.45, 2.75) is 13.3 Å². The van der Waals surface area contributed by atoms with Crippen molar-refractivity contribution in [3.8, 4) is 0 Å². The Morgan fingerprint density at radius 2 is 2.46 bits per heavy atom. The first-order valence-corrected chi connectivity index (χ1v) is 4.61. The summed E-state index contributed by atoms with van der Waals surface area (Å²) in [6.07, 6.45) is 4.52. The second kappa shape index (κ2) is 5.54. The van der Waals surface area contributed by atoms with Crippen LogP contribution in [-0.4, -0.2) is 23.2 Å². The molecule has 0 aliphatic carbocycles. The van der Waals surface area contributed by atoms with Gasteiger partial charge in [0.05, 0.1) is 5.69 Å². The predicted octanol–water partition coefficient (Wildman–Crippen LogP) is 1.51. The zero-order valence-corrected chi connectivity index (χ0v) is 7.90. The lowest BCUT2D eigenvalue weighted by Gasteiger charge is -2.12. The van der Waals surface area contributed by atoms with E-state index in [0.717, 1.165) is 18.7 Å². The third-order valence-corrected chi connectivity index (χ3v) is 2.09. The summed E-state index contributed by atoms with van der Waals surface area (Å²) < 4.78 is 0. The van der Waals surface area contributed by atoms with Crippen LogP contribution >= 0.6 is 0 Å². The van der Waals surface area contributed by atoms with E-state index < -0.39 is 0 Å². The molecular formula is C10H16N2O. The Hall–Kier alpha value is -1.09. The summed E-state index contributed by atoms with van der Waals surface area (Å²) in [6, 6.07) is 3.86. The molecule has 1 unspecified atom stereocenters. The summed E-state index contributed by atoms with van der Waals surface area (Å²) >= 11 is 0. The Morgan fingerprint density at radius 1 is 1.62 bits per heavy atom. The van der Waals surface area contributed by atoms with Crippen LogP contribution in [0.5, 0.6) is 0 Å². The lowest BCUT2D eigenvalue weighted by atomic mass is 10.1. The number of aliphatic hydroxyl groups excluding tert-OH is 1. The SMILES string of the molecule is CCC(CO)CNc1cccnc1. The molecule has 72 valence electrons. The minimum Gasteiger partial charge on any atom is -0.396 e. The maximum Gasteiger partial charge on any atom is 0.0526 e. The Morgan fingerprint density at radius 3 is 3.00 bits per heavy atom. The molecule has 1 atom stereocenters. The molecule has 0 aliphatic heterocycles. The van der Waals surface area contributed by atoms with Gasteiger partial charge in [0.1, 0.15) is 0 Å². The minimum atomic E-state index is 0.240. The van der Waals surface area contributed by atoms with Crippen LogP contribution in [0.25, 0.3) is 0 Å². The van der Waals surface area contributed by atoms with E-state index in [-0.39, 0.29) is 6.61 Å². The lowest BCUT2D eigenvalue weighted by molar-refractivity contribution is 0.230. The lowest BCUT2D eigenvalue weighted by Crippen LogP contribution is -2.16. The molecule has 13 heavy (non-hydrogen) atoms. The number of nitrogens with zero attached hydrogens (tertiary/aromatic N) is 1. The monoisotopic (exact) mass is 180 g/mol. The molecule has 0 saturated heterocycles. The average Bonchev–Trinajstić information content (AvgIpc) is 2.21. The minimum absolute atomic E-state index is 0.240. The summed E-state index contributed by atoms with van der Waals surface area (Å²) in [7, 11) is 0. The Balaban J connectivity index is 2.34. The van der Waals surface area contributed by atoms with E-state index >= 15 is 0 Å². The zero-order chi connectivity index (χ0) is 9.52. The molecule has 0 amide bonds. The average molecular weight is 180 g/mol. The molecule has 0 saturated carbocycles. The number of rotatable bonds is 5. The predicted molar refractivity (Wildman–Crippen MR) is 53.6 cm³/mol. The third-order valence-electron chi connectivity index (χ3n) is 2.09. The fraction of sp³-hybridized carbons (Fsp3) is 0.500. The Kier molecular flexibility index (Phi) is 4.26. The van der Waals surface area contributed by atoms with Gasteiger partial charge in [-0.2, -0.15) is 0 Å². The first-order valence-electron chi connectivity index (χ1n) is 4.61. The maximum absolute atomic E-state index is 8.95. The number of pyridine rings is 1. The van der Waals surface area contributed by atoms with Gasteiger partial charge in [-0.25, -0.2) is 0 Å². The Bertz CT molecular complexity index is 222. The van der Waals surface area contributed by atoms with E-state index in [2.05, 4.69) is 17.2 Å². The van der Waals surface area contributed by atoms with Gasteiger partial charge in [0.2, 0.25) is 0 Å². The summed E-state index contributed by atoms with van der Waals surface area (Å²) in [5, 5.41) is 12.2. The van der Waals surface area contributed by atoms with Crippen molar-refractivity contribution in [2.75, 3.05) is 18.5 Å². The number of hydrogen-bond acceptors (Lipinski definition) is 3. The molecule has 0 bridgehead atoms. The van der Waals surface area contributed by atoms with Crippen molar-refractivity contribution < 1.29 is 5.11 Å². The highest BCUT2D eigenvalue weighted by atomic mass is 16.3. The van der Waals surface area contributed by atoms with Crippen molar-refractivity contribution in [3.05, 3.63) is 24.5 Å². The van der Waals surface area contributed by atoms with Crippen LogP contribution < -0.4 is 5.32 Å². The number of aromatic nitrogens is 1. The summed E-state index contributed by atoms with van der Waals surface area (Å²) in [4.78, 5) is 3.99. The van der Waals surface area contributed by atoms with Gasteiger partial charge >= 0.3 is 0 Å². The third kappa shape index (κ3) is 3.42. The molecule has 0 spiro atoms. The van der Waals surface area contributed by atoms with E-state index in [9.17, 15) is 0 Å². The molecule has 2 N–H and O–H groups in total. The Labute approximate surface area is 78.8 Å². The highest BCUT2D eigenvalue weighted by molar-refractivity contribution is 5.39. The van der Waals surface area contributed by atoms with Crippen LogP contribution in [0.3, 0.4) is 0 Å². The normalized spacial score (nSPS) is 12.5. The largest absolute Gasteiger partial charge is 0.396 e. The smallest absolute Gasteiger partial charge is 0.0526 e. The number of hydrogen-bond donors (Lipinski definition) is 2. The van der Waals surface area contributed by atoms with E-state index in [4.69, 9.17) is 5.11 Å². The van der Waals surface area contributed by atoms with Gasteiger partial charge in [-0.3, -0.25) is 4.98 Å². The quantitative estimate of drug-likeness (QED) is 0.722. The first-order chi connectivity index (χ1) is 6.36. The van der Waals surface area contributed by atoms with Crippen molar-refractivity contribution in [1.82, 2.24) is 4.98 Å². The van der Waals surface area contributed by atoms with E-state index in [0.29, 0.717) is 5.92 Å². The highest BCUT2D eigenvalue weighted by Crippen LogP contribution is 2.06. The molecule has 1 heterocycles. The van der Waals surface area contributed by atoms with Gasteiger partial charge in [-0.05, 0) is 24.5 Å². The second-order valence-electron chi connectivity index (χ2n) is 3.08. The highest BCUT2D eigenvalue weighted by Gasteiger charge is 2.03.